The third kappa shape index (κ3) is 6.82. The van der Waals surface area contributed by atoms with E-state index in [1.165, 1.54) is 6.08 Å². The zero-order valence-electron chi connectivity index (χ0n) is 18.0. The van der Waals surface area contributed by atoms with Gasteiger partial charge < -0.3 is 9.30 Å². The summed E-state index contributed by atoms with van der Waals surface area (Å²) in [4.78, 5) is 22.3. The summed E-state index contributed by atoms with van der Waals surface area (Å²) in [6.45, 7) is 5.60. The van der Waals surface area contributed by atoms with E-state index in [0.29, 0.717) is 13.2 Å². The molecule has 0 radical (unpaired) electrons. The largest absolute Gasteiger partial charge is 0.348 e. The number of imidazole rings is 1. The van der Waals surface area contributed by atoms with E-state index in [4.69, 9.17) is 9.57 Å². The van der Waals surface area contributed by atoms with Crippen LogP contribution in [0.15, 0.2) is 48.8 Å². The standard InChI is InChI=1S/C24H33N3O3/c1-3-22-25-15-16-27(22)17-18-29-24(21-12-9-19(2)10-13-21)30-26-23(28)14-11-20-7-5-4-6-8-20/h4-8,11,14-16,19,21,24H,3,9-10,12-13,17-18H2,1-2H3,(H,26,28)/b14-11+. The van der Waals surface area contributed by atoms with Crippen molar-refractivity contribution in [1.82, 2.24) is 15.0 Å². The van der Waals surface area contributed by atoms with E-state index < -0.39 is 6.29 Å². The predicted octanol–water partition coefficient (Wildman–Crippen LogP) is 4.38. The molecule has 30 heavy (non-hydrogen) atoms. The summed E-state index contributed by atoms with van der Waals surface area (Å²) in [6.07, 6.45) is 11.9. The van der Waals surface area contributed by atoms with Gasteiger partial charge in [0, 0.05) is 37.4 Å². The highest BCUT2D eigenvalue weighted by Gasteiger charge is 2.28. The third-order valence-corrected chi connectivity index (χ3v) is 5.68. The molecule has 1 aromatic heterocycles. The molecule has 1 fully saturated rings. The molecule has 3 rings (SSSR count). The zero-order valence-corrected chi connectivity index (χ0v) is 18.0. The van der Waals surface area contributed by atoms with Crippen LogP contribution in [0.1, 0.15) is 50.9 Å². The Hall–Kier alpha value is -2.44. The van der Waals surface area contributed by atoms with E-state index >= 15 is 0 Å². The lowest BCUT2D eigenvalue weighted by Gasteiger charge is -2.32. The van der Waals surface area contributed by atoms with Crippen molar-refractivity contribution >= 4 is 12.0 Å². The van der Waals surface area contributed by atoms with Crippen LogP contribution in [0.3, 0.4) is 0 Å². The van der Waals surface area contributed by atoms with Crippen molar-refractivity contribution in [2.45, 2.75) is 58.8 Å². The molecule has 0 aliphatic heterocycles. The molecule has 1 aliphatic rings. The Morgan fingerprint density at radius 1 is 1.27 bits per heavy atom. The van der Waals surface area contributed by atoms with Gasteiger partial charge in [-0.15, -0.1) is 0 Å². The van der Waals surface area contributed by atoms with Crippen LogP contribution in [0.2, 0.25) is 0 Å². The van der Waals surface area contributed by atoms with E-state index in [1.54, 1.807) is 6.08 Å². The molecule has 1 aromatic carbocycles. The molecule has 0 bridgehead atoms. The number of benzene rings is 1. The highest BCUT2D eigenvalue weighted by molar-refractivity contribution is 5.90. The molecule has 1 amide bonds. The maximum atomic E-state index is 12.2. The number of amides is 1. The fraction of sp³-hybridized carbons (Fsp3) is 0.500. The van der Waals surface area contributed by atoms with Gasteiger partial charge in [-0.1, -0.05) is 57.0 Å². The molecule has 162 valence electrons. The highest BCUT2D eigenvalue weighted by atomic mass is 16.8. The maximum Gasteiger partial charge on any atom is 0.267 e. The molecule has 6 nitrogen and oxygen atoms in total. The topological polar surface area (TPSA) is 65.4 Å². The summed E-state index contributed by atoms with van der Waals surface area (Å²) in [7, 11) is 0. The van der Waals surface area contributed by atoms with Crippen LogP contribution >= 0.6 is 0 Å². The molecule has 0 saturated heterocycles. The molecule has 1 aliphatic carbocycles. The molecular weight excluding hydrogens is 378 g/mol. The van der Waals surface area contributed by atoms with Crippen molar-refractivity contribution in [3.8, 4) is 0 Å². The van der Waals surface area contributed by atoms with Crippen LogP contribution in [-0.4, -0.2) is 28.4 Å². The minimum atomic E-state index is -0.444. The van der Waals surface area contributed by atoms with Crippen molar-refractivity contribution < 1.29 is 14.4 Å². The fourth-order valence-electron chi connectivity index (χ4n) is 3.84. The second-order valence-electron chi connectivity index (χ2n) is 7.98. The van der Waals surface area contributed by atoms with Gasteiger partial charge in [-0.25, -0.2) is 15.3 Å². The van der Waals surface area contributed by atoms with Gasteiger partial charge in [0.25, 0.3) is 5.91 Å². The van der Waals surface area contributed by atoms with Crippen LogP contribution in [0.5, 0.6) is 0 Å². The van der Waals surface area contributed by atoms with Crippen LogP contribution in [-0.2, 0) is 27.3 Å². The Kier molecular flexibility index (Phi) is 8.66. The number of nitrogens with one attached hydrogen (secondary N) is 1. The van der Waals surface area contributed by atoms with Crippen LogP contribution in [0.25, 0.3) is 6.08 Å². The van der Waals surface area contributed by atoms with E-state index in [-0.39, 0.29) is 11.8 Å². The Morgan fingerprint density at radius 2 is 2.03 bits per heavy atom. The van der Waals surface area contributed by atoms with Crippen molar-refractivity contribution in [1.29, 1.82) is 0 Å². The van der Waals surface area contributed by atoms with Crippen LogP contribution in [0, 0.1) is 11.8 Å². The average Bonchev–Trinajstić information content (AvgIpc) is 3.23. The molecule has 1 atom stereocenters. The van der Waals surface area contributed by atoms with Crippen molar-refractivity contribution in [3.63, 3.8) is 0 Å². The van der Waals surface area contributed by atoms with E-state index in [2.05, 4.69) is 28.9 Å². The number of aryl methyl sites for hydroxylation is 1. The van der Waals surface area contributed by atoms with E-state index in [0.717, 1.165) is 49.4 Å². The fourth-order valence-corrected chi connectivity index (χ4v) is 3.84. The first-order valence-corrected chi connectivity index (χ1v) is 11.0. The minimum absolute atomic E-state index is 0.285. The van der Waals surface area contributed by atoms with Crippen molar-refractivity contribution in [3.05, 3.63) is 60.2 Å². The number of hydrogen-bond donors (Lipinski definition) is 1. The normalized spacial score (nSPS) is 20.3. The number of rotatable bonds is 10. The number of carbonyl (C=O) groups excluding carboxylic acids is 1. The minimum Gasteiger partial charge on any atom is -0.348 e. The van der Waals surface area contributed by atoms with Gasteiger partial charge in [-0.2, -0.15) is 0 Å². The average molecular weight is 412 g/mol. The van der Waals surface area contributed by atoms with Gasteiger partial charge in [0.05, 0.1) is 6.61 Å². The Labute approximate surface area is 179 Å². The number of carbonyl (C=O) groups is 1. The summed E-state index contributed by atoms with van der Waals surface area (Å²) in [6, 6.07) is 9.71. The lowest BCUT2D eigenvalue weighted by atomic mass is 9.83. The van der Waals surface area contributed by atoms with Crippen molar-refractivity contribution in [2.24, 2.45) is 11.8 Å². The number of hydroxylamine groups is 1. The highest BCUT2D eigenvalue weighted by Crippen LogP contribution is 2.31. The van der Waals surface area contributed by atoms with Gasteiger partial charge in [0.2, 0.25) is 0 Å². The van der Waals surface area contributed by atoms with Gasteiger partial charge >= 0.3 is 0 Å². The monoisotopic (exact) mass is 411 g/mol. The number of ether oxygens (including phenoxy) is 1. The predicted molar refractivity (Wildman–Crippen MR) is 117 cm³/mol. The van der Waals surface area contributed by atoms with Crippen LogP contribution < -0.4 is 5.48 Å². The lowest BCUT2D eigenvalue weighted by molar-refractivity contribution is -0.212. The smallest absolute Gasteiger partial charge is 0.267 e. The Morgan fingerprint density at radius 3 is 2.77 bits per heavy atom. The summed E-state index contributed by atoms with van der Waals surface area (Å²) in [5.74, 6) is 1.78. The Balaban J connectivity index is 1.52. The molecule has 1 unspecified atom stereocenters. The van der Waals surface area contributed by atoms with E-state index in [1.807, 2.05) is 42.7 Å². The molecule has 1 N–H and O–H groups in total. The van der Waals surface area contributed by atoms with Gasteiger partial charge in [0.1, 0.15) is 5.82 Å². The SMILES string of the molecule is CCc1nccn1CCOC(ONC(=O)/C=C/c1ccccc1)C1CCC(C)CC1. The first-order chi connectivity index (χ1) is 14.7. The Bertz CT molecular complexity index is 795. The van der Waals surface area contributed by atoms with Crippen molar-refractivity contribution in [2.75, 3.05) is 6.61 Å². The van der Waals surface area contributed by atoms with E-state index in [9.17, 15) is 4.79 Å². The number of aromatic nitrogens is 2. The molecular formula is C24H33N3O3. The third-order valence-electron chi connectivity index (χ3n) is 5.68. The molecule has 2 aromatic rings. The van der Waals surface area contributed by atoms with Crippen LogP contribution in [0.4, 0.5) is 0 Å². The number of nitrogens with zero attached hydrogens (tertiary/aromatic N) is 2. The first-order valence-electron chi connectivity index (χ1n) is 11.0. The molecule has 6 heteroatoms. The van der Waals surface area contributed by atoms with Gasteiger partial charge in [-0.3, -0.25) is 4.79 Å². The summed E-state index contributed by atoms with van der Waals surface area (Å²) < 4.78 is 8.19. The first kappa shape index (κ1) is 22.2. The zero-order chi connectivity index (χ0) is 21.2. The molecule has 0 spiro atoms. The summed E-state index contributed by atoms with van der Waals surface area (Å²) in [5, 5.41) is 0. The van der Waals surface area contributed by atoms with Gasteiger partial charge in [-0.05, 0) is 30.4 Å². The quantitative estimate of drug-likeness (QED) is 0.358. The lowest BCUT2D eigenvalue weighted by Crippen LogP contribution is -2.37. The second kappa shape index (κ2) is 11.7. The summed E-state index contributed by atoms with van der Waals surface area (Å²) >= 11 is 0. The second-order valence-corrected chi connectivity index (χ2v) is 7.98. The number of hydrogen-bond acceptors (Lipinski definition) is 4. The summed E-state index contributed by atoms with van der Waals surface area (Å²) in [5.41, 5.74) is 3.52. The maximum absolute atomic E-state index is 12.2. The molecule has 1 heterocycles. The van der Waals surface area contributed by atoms with Gasteiger partial charge in [0.15, 0.2) is 6.29 Å². The molecule has 1 saturated carbocycles.